The van der Waals surface area contributed by atoms with E-state index in [1.165, 1.54) is 10.1 Å². The molecule has 5 heterocycles. The SMILES string of the molecule is CCN1CCN(c2nc(-c3ccc(N4CCC(O)CC4)nc3)cc3ccsc23)CC1. The Bertz CT molecular complexity index is 989. The number of piperazine rings is 1. The number of likely N-dealkylation sites (N-methyl/N-ethyl adjacent to an activating group) is 1. The summed E-state index contributed by atoms with van der Waals surface area (Å²) in [6.45, 7) is 9.30. The molecule has 2 fully saturated rings. The van der Waals surface area contributed by atoms with Crippen molar-refractivity contribution in [1.29, 1.82) is 0 Å². The van der Waals surface area contributed by atoms with E-state index in [9.17, 15) is 5.11 Å². The van der Waals surface area contributed by atoms with Gasteiger partial charge in [-0.3, -0.25) is 0 Å². The Kier molecular flexibility index (Phi) is 5.58. The summed E-state index contributed by atoms with van der Waals surface area (Å²) in [4.78, 5) is 17.0. The van der Waals surface area contributed by atoms with Crippen molar-refractivity contribution in [3.05, 3.63) is 35.8 Å². The van der Waals surface area contributed by atoms with Crippen molar-refractivity contribution in [2.45, 2.75) is 25.9 Å². The van der Waals surface area contributed by atoms with Gasteiger partial charge in [-0.1, -0.05) is 6.92 Å². The largest absolute Gasteiger partial charge is 0.393 e. The van der Waals surface area contributed by atoms with Gasteiger partial charge in [0.1, 0.15) is 11.6 Å². The molecule has 2 aliphatic heterocycles. The quantitative estimate of drug-likeness (QED) is 0.694. The minimum atomic E-state index is -0.167. The molecule has 0 aromatic carbocycles. The molecule has 0 aliphatic carbocycles. The van der Waals surface area contributed by atoms with Crippen LogP contribution < -0.4 is 9.80 Å². The van der Waals surface area contributed by atoms with Crippen LogP contribution in [-0.4, -0.2) is 71.9 Å². The molecule has 1 N–H and O–H groups in total. The van der Waals surface area contributed by atoms with Crippen LogP contribution in [0.5, 0.6) is 0 Å². The lowest BCUT2D eigenvalue weighted by Crippen LogP contribution is -2.46. The Balaban J connectivity index is 1.42. The van der Waals surface area contributed by atoms with Gasteiger partial charge in [-0.2, -0.15) is 0 Å². The standard InChI is InChI=1S/C23H29N5OS/c1-2-26-10-12-28(13-11-26)23-22-17(7-14-30-22)15-20(25-23)18-3-4-21(24-16-18)27-8-5-19(29)6-9-27/h3-4,7,14-16,19,29H,2,5-6,8-13H2,1H3. The molecule has 0 saturated carbocycles. The number of thiophene rings is 1. The minimum Gasteiger partial charge on any atom is -0.393 e. The number of fused-ring (bicyclic) bond motifs is 1. The van der Waals surface area contributed by atoms with Gasteiger partial charge < -0.3 is 19.8 Å². The molecular formula is C23H29N5OS. The number of aliphatic hydroxyl groups is 1. The summed E-state index contributed by atoms with van der Waals surface area (Å²) in [5.74, 6) is 2.10. The van der Waals surface area contributed by atoms with Gasteiger partial charge in [0.15, 0.2) is 0 Å². The summed E-state index contributed by atoms with van der Waals surface area (Å²) >= 11 is 1.78. The summed E-state index contributed by atoms with van der Waals surface area (Å²) in [5, 5.41) is 13.2. The number of rotatable bonds is 4. The monoisotopic (exact) mass is 423 g/mol. The molecule has 3 aromatic heterocycles. The maximum Gasteiger partial charge on any atom is 0.147 e. The predicted molar refractivity (Wildman–Crippen MR) is 125 cm³/mol. The molecule has 0 bridgehead atoms. The molecule has 5 rings (SSSR count). The molecule has 0 atom stereocenters. The van der Waals surface area contributed by atoms with Crippen LogP contribution in [0.25, 0.3) is 21.3 Å². The van der Waals surface area contributed by atoms with Gasteiger partial charge in [-0.05, 0) is 54.4 Å². The lowest BCUT2D eigenvalue weighted by atomic mass is 10.1. The van der Waals surface area contributed by atoms with Crippen molar-refractivity contribution >= 4 is 33.1 Å². The molecule has 0 amide bonds. The highest BCUT2D eigenvalue weighted by molar-refractivity contribution is 7.17. The second kappa shape index (κ2) is 8.49. The number of pyridine rings is 2. The van der Waals surface area contributed by atoms with Gasteiger partial charge in [-0.15, -0.1) is 11.3 Å². The summed E-state index contributed by atoms with van der Waals surface area (Å²) < 4.78 is 1.28. The van der Waals surface area contributed by atoms with Crippen molar-refractivity contribution in [1.82, 2.24) is 14.9 Å². The molecule has 2 aliphatic rings. The van der Waals surface area contributed by atoms with Gasteiger partial charge in [0.2, 0.25) is 0 Å². The number of anilines is 2. The topological polar surface area (TPSA) is 55.7 Å². The predicted octanol–water partition coefficient (Wildman–Crippen LogP) is 3.46. The van der Waals surface area contributed by atoms with E-state index in [-0.39, 0.29) is 6.10 Å². The van der Waals surface area contributed by atoms with Gasteiger partial charge in [0.25, 0.3) is 0 Å². The smallest absolute Gasteiger partial charge is 0.147 e. The average molecular weight is 424 g/mol. The summed E-state index contributed by atoms with van der Waals surface area (Å²) in [6.07, 6.45) is 3.41. The Morgan fingerprint density at radius 2 is 1.83 bits per heavy atom. The van der Waals surface area contributed by atoms with Crippen LogP contribution >= 0.6 is 11.3 Å². The van der Waals surface area contributed by atoms with E-state index in [1.54, 1.807) is 11.3 Å². The maximum absolute atomic E-state index is 9.74. The third-order valence-corrected chi connectivity index (χ3v) is 7.29. The van der Waals surface area contributed by atoms with E-state index in [1.807, 2.05) is 6.20 Å². The van der Waals surface area contributed by atoms with Crippen LogP contribution in [0.2, 0.25) is 0 Å². The van der Waals surface area contributed by atoms with Crippen LogP contribution in [-0.2, 0) is 0 Å². The van der Waals surface area contributed by atoms with Gasteiger partial charge >= 0.3 is 0 Å². The fourth-order valence-electron chi connectivity index (χ4n) is 4.42. The summed E-state index contributed by atoms with van der Waals surface area (Å²) in [5.41, 5.74) is 2.04. The maximum atomic E-state index is 9.74. The van der Waals surface area contributed by atoms with E-state index < -0.39 is 0 Å². The molecule has 0 radical (unpaired) electrons. The average Bonchev–Trinajstić information content (AvgIpc) is 3.28. The number of nitrogens with zero attached hydrogens (tertiary/aromatic N) is 5. The van der Waals surface area contributed by atoms with Crippen LogP contribution in [0.4, 0.5) is 11.6 Å². The molecule has 7 heteroatoms. The van der Waals surface area contributed by atoms with E-state index in [4.69, 9.17) is 9.97 Å². The number of aromatic nitrogens is 2. The van der Waals surface area contributed by atoms with E-state index in [0.717, 1.165) is 81.5 Å². The van der Waals surface area contributed by atoms with Crippen molar-refractivity contribution in [2.24, 2.45) is 0 Å². The first-order valence-electron chi connectivity index (χ1n) is 11.0. The Morgan fingerprint density at radius 3 is 2.53 bits per heavy atom. The first-order valence-corrected chi connectivity index (χ1v) is 11.8. The fraction of sp³-hybridized carbons (Fsp3) is 0.478. The number of hydrogen-bond donors (Lipinski definition) is 1. The van der Waals surface area contributed by atoms with Crippen molar-refractivity contribution in [3.63, 3.8) is 0 Å². The number of hydrogen-bond acceptors (Lipinski definition) is 7. The first-order chi connectivity index (χ1) is 14.7. The van der Waals surface area contributed by atoms with Crippen LogP contribution in [0.15, 0.2) is 35.8 Å². The Labute approximate surface area is 181 Å². The second-order valence-corrected chi connectivity index (χ2v) is 9.13. The molecule has 6 nitrogen and oxygen atoms in total. The molecule has 0 unspecified atom stereocenters. The van der Waals surface area contributed by atoms with Gasteiger partial charge in [-0.25, -0.2) is 9.97 Å². The molecule has 158 valence electrons. The van der Waals surface area contributed by atoms with Crippen LogP contribution in [0, 0.1) is 0 Å². The summed E-state index contributed by atoms with van der Waals surface area (Å²) in [7, 11) is 0. The van der Waals surface area contributed by atoms with Crippen molar-refractivity contribution < 1.29 is 5.11 Å². The van der Waals surface area contributed by atoms with E-state index in [0.29, 0.717) is 0 Å². The van der Waals surface area contributed by atoms with Crippen molar-refractivity contribution in [3.8, 4) is 11.3 Å². The van der Waals surface area contributed by atoms with E-state index >= 15 is 0 Å². The third kappa shape index (κ3) is 3.89. The van der Waals surface area contributed by atoms with Crippen LogP contribution in [0.1, 0.15) is 19.8 Å². The highest BCUT2D eigenvalue weighted by atomic mass is 32.1. The number of aliphatic hydroxyl groups excluding tert-OH is 1. The zero-order valence-electron chi connectivity index (χ0n) is 17.5. The molecular weight excluding hydrogens is 394 g/mol. The normalized spacial score (nSPS) is 19.0. The van der Waals surface area contributed by atoms with Gasteiger partial charge in [0, 0.05) is 51.0 Å². The second-order valence-electron chi connectivity index (χ2n) is 8.21. The zero-order valence-corrected chi connectivity index (χ0v) is 18.3. The van der Waals surface area contributed by atoms with Gasteiger partial charge in [0.05, 0.1) is 16.5 Å². The Hall–Kier alpha value is -2.22. The van der Waals surface area contributed by atoms with E-state index in [2.05, 4.69) is 51.3 Å². The molecule has 0 spiro atoms. The highest BCUT2D eigenvalue weighted by Crippen LogP contribution is 2.34. The Morgan fingerprint density at radius 1 is 1.03 bits per heavy atom. The minimum absolute atomic E-state index is 0.167. The zero-order chi connectivity index (χ0) is 20.5. The molecule has 3 aromatic rings. The molecule has 30 heavy (non-hydrogen) atoms. The first kappa shape index (κ1) is 19.7. The fourth-order valence-corrected chi connectivity index (χ4v) is 5.31. The number of piperidine rings is 1. The third-order valence-electron chi connectivity index (χ3n) is 6.37. The lowest BCUT2D eigenvalue weighted by molar-refractivity contribution is 0.145. The van der Waals surface area contributed by atoms with Crippen molar-refractivity contribution in [2.75, 3.05) is 55.6 Å². The highest BCUT2D eigenvalue weighted by Gasteiger charge is 2.21. The molecule has 2 saturated heterocycles. The lowest BCUT2D eigenvalue weighted by Gasteiger charge is -2.35. The van der Waals surface area contributed by atoms with Crippen LogP contribution in [0.3, 0.4) is 0 Å². The summed E-state index contributed by atoms with van der Waals surface area (Å²) in [6, 6.07) is 8.60.